The first-order chi connectivity index (χ1) is 10.7. The quantitative estimate of drug-likeness (QED) is 0.790. The van der Waals surface area contributed by atoms with Crippen molar-refractivity contribution in [1.82, 2.24) is 9.88 Å². The third kappa shape index (κ3) is 4.65. The first-order valence-electron chi connectivity index (χ1n) is 7.22. The summed E-state index contributed by atoms with van der Waals surface area (Å²) in [6.45, 7) is 2.88. The second kappa shape index (κ2) is 8.26. The highest BCUT2D eigenvalue weighted by Gasteiger charge is 2.09. The number of nitrogens with zero attached hydrogens (tertiary/aromatic N) is 2. The normalized spacial score (nSPS) is 10.7. The summed E-state index contributed by atoms with van der Waals surface area (Å²) in [5.41, 5.74) is 8.29. The Hall–Kier alpha value is -2.24. The minimum atomic E-state index is -0.373. The van der Waals surface area contributed by atoms with Gasteiger partial charge < -0.3 is 10.5 Å². The summed E-state index contributed by atoms with van der Waals surface area (Å²) in [5, 5.41) is 0. The Bertz CT molecular complexity index is 585. The summed E-state index contributed by atoms with van der Waals surface area (Å²) in [6, 6.07) is 13.8. The molecule has 1 aromatic heterocycles. The lowest BCUT2D eigenvalue weighted by Crippen LogP contribution is -2.29. The van der Waals surface area contributed by atoms with Gasteiger partial charge in [-0.15, -0.1) is 0 Å². The third-order valence-corrected chi connectivity index (χ3v) is 3.33. The Balaban J connectivity index is 2.02. The van der Waals surface area contributed by atoms with Gasteiger partial charge in [-0.1, -0.05) is 30.3 Å². The van der Waals surface area contributed by atoms with Crippen molar-refractivity contribution in [3.8, 4) is 0 Å². The zero-order valence-electron chi connectivity index (χ0n) is 12.7. The molecule has 0 aliphatic heterocycles. The molecule has 0 unspecified atom stereocenters. The molecule has 0 saturated heterocycles. The van der Waals surface area contributed by atoms with Crippen LogP contribution < -0.4 is 5.73 Å². The van der Waals surface area contributed by atoms with E-state index in [-0.39, 0.29) is 5.97 Å². The van der Waals surface area contributed by atoms with E-state index < -0.39 is 0 Å². The van der Waals surface area contributed by atoms with Gasteiger partial charge in [-0.25, -0.2) is 4.79 Å². The van der Waals surface area contributed by atoms with Crippen molar-refractivity contribution in [3.05, 3.63) is 65.5 Å². The molecule has 2 rings (SSSR count). The van der Waals surface area contributed by atoms with E-state index in [0.717, 1.165) is 18.8 Å². The van der Waals surface area contributed by atoms with Crippen molar-refractivity contribution in [1.29, 1.82) is 0 Å². The van der Waals surface area contributed by atoms with Crippen LogP contribution in [0.1, 0.15) is 21.6 Å². The summed E-state index contributed by atoms with van der Waals surface area (Å²) >= 11 is 0. The maximum atomic E-state index is 11.4. The van der Waals surface area contributed by atoms with Crippen LogP contribution in [0, 0.1) is 0 Å². The van der Waals surface area contributed by atoms with Crippen LogP contribution in [-0.2, 0) is 17.8 Å². The highest BCUT2D eigenvalue weighted by molar-refractivity contribution is 5.88. The molecule has 0 bridgehead atoms. The molecule has 5 nitrogen and oxygen atoms in total. The first kappa shape index (κ1) is 16.1. The number of methoxy groups -OCH3 is 1. The molecular weight excluding hydrogens is 278 g/mol. The van der Waals surface area contributed by atoms with E-state index in [1.54, 1.807) is 12.3 Å². The fraction of sp³-hybridized carbons (Fsp3) is 0.294. The molecule has 5 heteroatoms. The number of rotatable bonds is 7. The highest BCUT2D eigenvalue weighted by atomic mass is 16.5. The maximum Gasteiger partial charge on any atom is 0.339 e. The number of nitrogens with two attached hydrogens (primary N) is 1. The molecule has 0 radical (unpaired) electrons. The van der Waals surface area contributed by atoms with Crippen LogP contribution >= 0.6 is 0 Å². The number of aromatic nitrogens is 1. The van der Waals surface area contributed by atoms with Crippen molar-refractivity contribution in [2.45, 2.75) is 13.1 Å². The van der Waals surface area contributed by atoms with Crippen molar-refractivity contribution in [3.63, 3.8) is 0 Å². The van der Waals surface area contributed by atoms with Gasteiger partial charge in [0.25, 0.3) is 0 Å². The number of hydrogen-bond donors (Lipinski definition) is 1. The average Bonchev–Trinajstić information content (AvgIpc) is 2.56. The topological polar surface area (TPSA) is 68.5 Å². The number of carbonyl (C=O) groups excluding carboxylic acids is 1. The van der Waals surface area contributed by atoms with E-state index in [0.29, 0.717) is 18.7 Å². The largest absolute Gasteiger partial charge is 0.465 e. The van der Waals surface area contributed by atoms with E-state index in [9.17, 15) is 4.79 Å². The van der Waals surface area contributed by atoms with Gasteiger partial charge in [-0.05, 0) is 17.7 Å². The standard InChI is InChI=1S/C17H21N3O2/c1-22-17(21)15-7-8-16(19-11-15)13-20(10-9-18)12-14-5-3-2-4-6-14/h2-8,11H,9-10,12-13,18H2,1H3. The summed E-state index contributed by atoms with van der Waals surface area (Å²) < 4.78 is 4.67. The fourth-order valence-corrected chi connectivity index (χ4v) is 2.22. The van der Waals surface area contributed by atoms with E-state index in [1.807, 2.05) is 24.3 Å². The van der Waals surface area contributed by atoms with Crippen LogP contribution in [0.25, 0.3) is 0 Å². The Labute approximate surface area is 130 Å². The van der Waals surface area contributed by atoms with Crippen LogP contribution in [0.2, 0.25) is 0 Å². The molecule has 0 spiro atoms. The van der Waals surface area contributed by atoms with Crippen molar-refractivity contribution >= 4 is 5.97 Å². The van der Waals surface area contributed by atoms with Gasteiger partial charge in [0, 0.05) is 32.4 Å². The molecule has 0 atom stereocenters. The Kier molecular flexibility index (Phi) is 6.06. The summed E-state index contributed by atoms with van der Waals surface area (Å²) in [5.74, 6) is -0.373. The van der Waals surface area contributed by atoms with Crippen LogP contribution in [0.5, 0.6) is 0 Å². The lowest BCUT2D eigenvalue weighted by Gasteiger charge is -2.21. The molecule has 0 fully saturated rings. The van der Waals surface area contributed by atoms with Gasteiger partial charge in [0.15, 0.2) is 0 Å². The van der Waals surface area contributed by atoms with Crippen molar-refractivity contribution in [2.75, 3.05) is 20.2 Å². The molecule has 0 saturated carbocycles. The van der Waals surface area contributed by atoms with Crippen LogP contribution in [-0.4, -0.2) is 36.1 Å². The lowest BCUT2D eigenvalue weighted by molar-refractivity contribution is 0.0600. The van der Waals surface area contributed by atoms with Gasteiger partial charge >= 0.3 is 5.97 Å². The van der Waals surface area contributed by atoms with Gasteiger partial charge in [-0.2, -0.15) is 0 Å². The predicted molar refractivity (Wildman–Crippen MR) is 85.2 cm³/mol. The molecule has 1 aromatic carbocycles. The monoisotopic (exact) mass is 299 g/mol. The maximum absolute atomic E-state index is 11.4. The number of esters is 1. The van der Waals surface area contributed by atoms with Crippen molar-refractivity contribution < 1.29 is 9.53 Å². The minimum absolute atomic E-state index is 0.373. The first-order valence-corrected chi connectivity index (χ1v) is 7.22. The average molecular weight is 299 g/mol. The molecule has 116 valence electrons. The smallest absolute Gasteiger partial charge is 0.339 e. The van der Waals surface area contributed by atoms with Crippen LogP contribution in [0.4, 0.5) is 0 Å². The molecule has 2 N–H and O–H groups in total. The Morgan fingerprint density at radius 3 is 2.55 bits per heavy atom. The molecular formula is C17H21N3O2. The van der Waals surface area contributed by atoms with E-state index in [4.69, 9.17) is 5.73 Å². The number of hydrogen-bond acceptors (Lipinski definition) is 5. The van der Waals surface area contributed by atoms with Crippen molar-refractivity contribution in [2.24, 2.45) is 5.73 Å². The Morgan fingerprint density at radius 1 is 1.18 bits per heavy atom. The highest BCUT2D eigenvalue weighted by Crippen LogP contribution is 2.09. The lowest BCUT2D eigenvalue weighted by atomic mass is 10.2. The molecule has 22 heavy (non-hydrogen) atoms. The second-order valence-corrected chi connectivity index (χ2v) is 5.01. The number of carbonyl (C=O) groups is 1. The van der Waals surface area contributed by atoms with Gasteiger partial charge in [-0.3, -0.25) is 9.88 Å². The summed E-state index contributed by atoms with van der Waals surface area (Å²) in [4.78, 5) is 18.0. The molecule has 0 aliphatic rings. The van der Waals surface area contributed by atoms with Gasteiger partial charge in [0.2, 0.25) is 0 Å². The van der Waals surface area contributed by atoms with Crippen LogP contribution in [0.3, 0.4) is 0 Å². The fourth-order valence-electron chi connectivity index (χ4n) is 2.22. The Morgan fingerprint density at radius 2 is 1.95 bits per heavy atom. The second-order valence-electron chi connectivity index (χ2n) is 5.01. The summed E-state index contributed by atoms with van der Waals surface area (Å²) in [6.07, 6.45) is 1.55. The molecule has 0 aliphatic carbocycles. The SMILES string of the molecule is COC(=O)c1ccc(CN(CCN)Cc2ccccc2)nc1. The van der Waals surface area contributed by atoms with E-state index >= 15 is 0 Å². The number of benzene rings is 1. The number of ether oxygens (including phenoxy) is 1. The predicted octanol–water partition coefficient (Wildman–Crippen LogP) is 1.83. The zero-order chi connectivity index (χ0) is 15.8. The zero-order valence-corrected chi connectivity index (χ0v) is 12.7. The summed E-state index contributed by atoms with van der Waals surface area (Å²) in [7, 11) is 1.36. The third-order valence-electron chi connectivity index (χ3n) is 3.33. The molecule has 0 amide bonds. The molecule has 1 heterocycles. The number of pyridine rings is 1. The molecule has 2 aromatic rings. The van der Waals surface area contributed by atoms with E-state index in [2.05, 4.69) is 26.8 Å². The van der Waals surface area contributed by atoms with Gasteiger partial charge in [0.05, 0.1) is 18.4 Å². The minimum Gasteiger partial charge on any atom is -0.465 e. The van der Waals surface area contributed by atoms with Gasteiger partial charge in [0.1, 0.15) is 0 Å². The van der Waals surface area contributed by atoms with Crippen LogP contribution in [0.15, 0.2) is 48.7 Å². The van der Waals surface area contributed by atoms with E-state index in [1.165, 1.54) is 12.7 Å².